The highest BCUT2D eigenvalue weighted by atomic mass is 32.1. The van der Waals surface area contributed by atoms with Crippen LogP contribution in [0.15, 0.2) is 35.8 Å². The molecule has 0 fully saturated rings. The highest BCUT2D eigenvalue weighted by Gasteiger charge is 2.26. The second-order valence-corrected chi connectivity index (χ2v) is 5.08. The van der Waals surface area contributed by atoms with E-state index in [4.69, 9.17) is 0 Å². The van der Waals surface area contributed by atoms with Crippen LogP contribution in [-0.4, -0.2) is 30.2 Å². The van der Waals surface area contributed by atoms with Gasteiger partial charge in [0.15, 0.2) is 0 Å². The number of amides is 1. The van der Waals surface area contributed by atoms with Crippen LogP contribution in [0.5, 0.6) is 0 Å². The number of thiazole rings is 1. The number of rotatable bonds is 5. The van der Waals surface area contributed by atoms with E-state index in [1.54, 1.807) is 30.5 Å². The quantitative estimate of drug-likeness (QED) is 0.892. The predicted octanol–water partition coefficient (Wildman–Crippen LogP) is 2.90. The van der Waals surface area contributed by atoms with Gasteiger partial charge in [0.05, 0.1) is 13.1 Å². The predicted molar refractivity (Wildman–Crippen MR) is 75.1 cm³/mol. The van der Waals surface area contributed by atoms with E-state index in [0.29, 0.717) is 5.69 Å². The van der Waals surface area contributed by atoms with E-state index in [2.05, 4.69) is 10.3 Å². The topological polar surface area (TPSA) is 54.0 Å². The lowest BCUT2D eigenvalue weighted by molar-refractivity contribution is -0.126. The van der Waals surface area contributed by atoms with Gasteiger partial charge < -0.3 is 10.6 Å². The lowest BCUT2D eigenvalue weighted by Gasteiger charge is -2.09. The summed E-state index contributed by atoms with van der Waals surface area (Å²) in [6.07, 6.45) is -2.63. The summed E-state index contributed by atoms with van der Waals surface area (Å²) >= 11 is 1.49. The summed E-state index contributed by atoms with van der Waals surface area (Å²) in [5, 5.41) is 7.27. The molecule has 0 spiro atoms. The van der Waals surface area contributed by atoms with Crippen molar-refractivity contribution in [2.24, 2.45) is 0 Å². The standard InChI is InChI=1S/C13H12F3N3OS/c14-13(15,16)8-17-7-11(20)19-10-3-1-9(2-4-10)12-18-5-6-21-12/h1-6,17H,7-8H2,(H,19,20). The van der Waals surface area contributed by atoms with Gasteiger partial charge in [0.2, 0.25) is 5.91 Å². The van der Waals surface area contributed by atoms with Crippen LogP contribution in [0.3, 0.4) is 0 Å². The van der Waals surface area contributed by atoms with Crippen LogP contribution in [0, 0.1) is 0 Å². The lowest BCUT2D eigenvalue weighted by atomic mass is 10.2. The highest BCUT2D eigenvalue weighted by Crippen LogP contribution is 2.23. The van der Waals surface area contributed by atoms with Crippen molar-refractivity contribution in [2.45, 2.75) is 6.18 Å². The molecule has 1 aromatic heterocycles. The van der Waals surface area contributed by atoms with E-state index in [1.807, 2.05) is 10.7 Å². The minimum absolute atomic E-state index is 0.395. The molecular formula is C13H12F3N3OS. The second-order valence-electron chi connectivity index (χ2n) is 4.18. The maximum Gasteiger partial charge on any atom is 0.401 e. The smallest absolute Gasteiger partial charge is 0.325 e. The molecule has 0 unspecified atom stereocenters. The van der Waals surface area contributed by atoms with E-state index in [-0.39, 0.29) is 0 Å². The SMILES string of the molecule is O=C(CNCC(F)(F)F)Nc1ccc(-c2nccs2)cc1. The Kier molecular flexibility index (Phi) is 4.92. The fourth-order valence-corrected chi connectivity index (χ4v) is 2.23. The van der Waals surface area contributed by atoms with Crippen LogP contribution >= 0.6 is 11.3 Å². The first-order valence-electron chi connectivity index (χ1n) is 6.01. The number of hydrogen-bond donors (Lipinski definition) is 2. The van der Waals surface area contributed by atoms with Crippen molar-refractivity contribution < 1.29 is 18.0 Å². The Bertz CT molecular complexity index is 582. The molecule has 0 bridgehead atoms. The number of benzene rings is 1. The lowest BCUT2D eigenvalue weighted by Crippen LogP contribution is -2.35. The van der Waals surface area contributed by atoms with Crippen molar-refractivity contribution in [3.8, 4) is 10.6 Å². The number of carbonyl (C=O) groups excluding carboxylic acids is 1. The van der Waals surface area contributed by atoms with Gasteiger partial charge in [-0.2, -0.15) is 13.2 Å². The fraction of sp³-hybridized carbons (Fsp3) is 0.231. The summed E-state index contributed by atoms with van der Waals surface area (Å²) in [5.74, 6) is -0.527. The number of alkyl halides is 3. The number of carbonyl (C=O) groups is 1. The zero-order valence-corrected chi connectivity index (χ0v) is 11.6. The minimum Gasteiger partial charge on any atom is -0.325 e. The van der Waals surface area contributed by atoms with Crippen molar-refractivity contribution >= 4 is 22.9 Å². The van der Waals surface area contributed by atoms with E-state index in [1.165, 1.54) is 11.3 Å². The average molecular weight is 315 g/mol. The van der Waals surface area contributed by atoms with Crippen molar-refractivity contribution in [1.82, 2.24) is 10.3 Å². The Morgan fingerprint density at radius 3 is 2.52 bits per heavy atom. The maximum atomic E-state index is 11.9. The summed E-state index contributed by atoms with van der Waals surface area (Å²) in [7, 11) is 0. The zero-order chi connectivity index (χ0) is 15.3. The van der Waals surface area contributed by atoms with Crippen molar-refractivity contribution in [3.05, 3.63) is 35.8 Å². The molecule has 1 heterocycles. The molecule has 8 heteroatoms. The van der Waals surface area contributed by atoms with Crippen LogP contribution in [0.4, 0.5) is 18.9 Å². The van der Waals surface area contributed by atoms with Gasteiger partial charge in [-0.25, -0.2) is 4.98 Å². The molecule has 0 radical (unpaired) electrons. The Labute approximate surface area is 123 Å². The van der Waals surface area contributed by atoms with E-state index < -0.39 is 25.2 Å². The molecule has 0 atom stereocenters. The normalized spacial score (nSPS) is 11.4. The van der Waals surface area contributed by atoms with Crippen LogP contribution in [0.25, 0.3) is 10.6 Å². The first kappa shape index (κ1) is 15.5. The summed E-state index contributed by atoms with van der Waals surface area (Å²) in [6.45, 7) is -1.59. The summed E-state index contributed by atoms with van der Waals surface area (Å²) in [6, 6.07) is 6.94. The average Bonchev–Trinajstić information content (AvgIpc) is 2.92. The number of hydrogen-bond acceptors (Lipinski definition) is 4. The van der Waals surface area contributed by atoms with Gasteiger partial charge in [-0.05, 0) is 24.3 Å². The summed E-state index contributed by atoms with van der Waals surface area (Å²) < 4.78 is 35.7. The molecular weight excluding hydrogens is 303 g/mol. The molecule has 2 rings (SSSR count). The monoisotopic (exact) mass is 315 g/mol. The van der Waals surface area contributed by atoms with Crippen molar-refractivity contribution in [2.75, 3.05) is 18.4 Å². The van der Waals surface area contributed by atoms with E-state index in [0.717, 1.165) is 10.6 Å². The molecule has 0 saturated carbocycles. The number of nitrogens with zero attached hydrogens (tertiary/aromatic N) is 1. The molecule has 4 nitrogen and oxygen atoms in total. The minimum atomic E-state index is -4.32. The molecule has 112 valence electrons. The third-order valence-electron chi connectivity index (χ3n) is 2.46. The fourth-order valence-electron chi connectivity index (χ4n) is 1.59. The number of halogens is 3. The number of nitrogens with one attached hydrogen (secondary N) is 2. The Morgan fingerprint density at radius 1 is 1.24 bits per heavy atom. The highest BCUT2D eigenvalue weighted by molar-refractivity contribution is 7.13. The molecule has 2 aromatic rings. The molecule has 0 aliphatic heterocycles. The molecule has 0 aliphatic rings. The number of aromatic nitrogens is 1. The molecule has 0 saturated heterocycles. The molecule has 2 N–H and O–H groups in total. The van der Waals surface area contributed by atoms with Crippen LogP contribution in [-0.2, 0) is 4.79 Å². The van der Waals surface area contributed by atoms with Crippen LogP contribution in [0.2, 0.25) is 0 Å². The Morgan fingerprint density at radius 2 is 1.95 bits per heavy atom. The second kappa shape index (κ2) is 6.68. The third-order valence-corrected chi connectivity index (χ3v) is 3.28. The van der Waals surface area contributed by atoms with Gasteiger partial charge >= 0.3 is 6.18 Å². The molecule has 1 amide bonds. The summed E-state index contributed by atoms with van der Waals surface area (Å²) in [4.78, 5) is 15.6. The maximum absolute atomic E-state index is 11.9. The first-order chi connectivity index (χ1) is 9.94. The zero-order valence-electron chi connectivity index (χ0n) is 10.8. The van der Waals surface area contributed by atoms with Crippen LogP contribution in [0.1, 0.15) is 0 Å². The Balaban J connectivity index is 1.84. The first-order valence-corrected chi connectivity index (χ1v) is 6.89. The van der Waals surface area contributed by atoms with E-state index in [9.17, 15) is 18.0 Å². The molecule has 0 aliphatic carbocycles. The van der Waals surface area contributed by atoms with Gasteiger partial charge in [0.25, 0.3) is 0 Å². The number of anilines is 1. The summed E-state index contributed by atoms with van der Waals surface area (Å²) in [5.41, 5.74) is 1.44. The van der Waals surface area contributed by atoms with Gasteiger partial charge in [-0.15, -0.1) is 11.3 Å². The van der Waals surface area contributed by atoms with Crippen molar-refractivity contribution in [1.29, 1.82) is 0 Å². The van der Waals surface area contributed by atoms with Gasteiger partial charge in [-0.1, -0.05) is 0 Å². The van der Waals surface area contributed by atoms with Crippen molar-refractivity contribution in [3.63, 3.8) is 0 Å². The van der Waals surface area contributed by atoms with Gasteiger partial charge in [-0.3, -0.25) is 4.79 Å². The Hall–Kier alpha value is -1.93. The van der Waals surface area contributed by atoms with E-state index >= 15 is 0 Å². The third kappa shape index (κ3) is 5.16. The van der Waals surface area contributed by atoms with Gasteiger partial charge in [0.1, 0.15) is 5.01 Å². The van der Waals surface area contributed by atoms with Gasteiger partial charge in [0, 0.05) is 22.8 Å². The molecule has 1 aromatic carbocycles. The molecule has 21 heavy (non-hydrogen) atoms. The van der Waals surface area contributed by atoms with Crippen LogP contribution < -0.4 is 10.6 Å². The largest absolute Gasteiger partial charge is 0.401 e.